The number of fused-ring (bicyclic) bond motifs is 1. The number of aromatic nitrogens is 1. The van der Waals surface area contributed by atoms with Gasteiger partial charge >= 0.3 is 0 Å². The van der Waals surface area contributed by atoms with Crippen LogP contribution < -0.4 is 4.74 Å². The van der Waals surface area contributed by atoms with E-state index >= 15 is 0 Å². The standard InChI is InChI=1S/C22H18FNO2/c1-13-10-16(11-14(2)21(13)25-3)15-8-9-19-20(12-15)26-22(24-19)17-6-4-5-7-18(17)23/h4-12H,1-3H3. The summed E-state index contributed by atoms with van der Waals surface area (Å²) in [6.45, 7) is 4.05. The molecule has 4 heteroatoms. The molecule has 0 N–H and O–H groups in total. The Labute approximate surface area is 151 Å². The van der Waals surface area contributed by atoms with Crippen molar-refractivity contribution >= 4 is 11.1 Å². The highest BCUT2D eigenvalue weighted by atomic mass is 19.1. The van der Waals surface area contributed by atoms with E-state index in [1.54, 1.807) is 25.3 Å². The van der Waals surface area contributed by atoms with E-state index in [1.807, 2.05) is 32.0 Å². The van der Waals surface area contributed by atoms with Gasteiger partial charge in [-0.1, -0.05) is 18.2 Å². The summed E-state index contributed by atoms with van der Waals surface area (Å²) in [5, 5.41) is 0. The number of nitrogens with zero attached hydrogens (tertiary/aromatic N) is 1. The van der Waals surface area contributed by atoms with Crippen LogP contribution in [0.4, 0.5) is 4.39 Å². The molecule has 0 aliphatic carbocycles. The summed E-state index contributed by atoms with van der Waals surface area (Å²) in [7, 11) is 1.68. The Hall–Kier alpha value is -3.14. The first kappa shape index (κ1) is 16.3. The van der Waals surface area contributed by atoms with Crippen molar-refractivity contribution in [3.63, 3.8) is 0 Å². The third kappa shape index (κ3) is 2.73. The summed E-state index contributed by atoms with van der Waals surface area (Å²) in [4.78, 5) is 4.41. The first-order valence-corrected chi connectivity index (χ1v) is 8.38. The highest BCUT2D eigenvalue weighted by molar-refractivity contribution is 5.82. The summed E-state index contributed by atoms with van der Waals surface area (Å²) in [5.41, 5.74) is 5.94. The van der Waals surface area contributed by atoms with Gasteiger partial charge in [0.1, 0.15) is 17.1 Å². The van der Waals surface area contributed by atoms with Crippen molar-refractivity contribution in [2.45, 2.75) is 13.8 Å². The number of methoxy groups -OCH3 is 1. The van der Waals surface area contributed by atoms with Crippen molar-refractivity contribution in [1.29, 1.82) is 0 Å². The second-order valence-electron chi connectivity index (χ2n) is 6.32. The number of oxazole rings is 1. The second kappa shape index (κ2) is 6.30. The zero-order valence-electron chi connectivity index (χ0n) is 14.8. The van der Waals surface area contributed by atoms with Gasteiger partial charge in [-0.2, -0.15) is 0 Å². The van der Waals surface area contributed by atoms with Crippen LogP contribution in [0.3, 0.4) is 0 Å². The lowest BCUT2D eigenvalue weighted by molar-refractivity contribution is 0.408. The number of hydrogen-bond acceptors (Lipinski definition) is 3. The van der Waals surface area contributed by atoms with Gasteiger partial charge in [0.05, 0.1) is 12.7 Å². The third-order valence-corrected chi connectivity index (χ3v) is 4.49. The number of benzene rings is 3. The first-order valence-electron chi connectivity index (χ1n) is 8.38. The largest absolute Gasteiger partial charge is 0.496 e. The molecule has 4 rings (SSSR count). The van der Waals surface area contributed by atoms with E-state index in [9.17, 15) is 4.39 Å². The first-order chi connectivity index (χ1) is 12.6. The second-order valence-corrected chi connectivity index (χ2v) is 6.32. The maximum absolute atomic E-state index is 14.0. The van der Waals surface area contributed by atoms with Gasteiger partial charge in [-0.05, 0) is 72.5 Å². The molecule has 3 aromatic carbocycles. The van der Waals surface area contributed by atoms with Crippen molar-refractivity contribution in [1.82, 2.24) is 4.98 Å². The van der Waals surface area contributed by atoms with Crippen LogP contribution >= 0.6 is 0 Å². The molecule has 0 spiro atoms. The molecule has 0 aliphatic rings. The predicted octanol–water partition coefficient (Wildman–Crippen LogP) is 5.93. The number of rotatable bonds is 3. The molecule has 0 fully saturated rings. The summed E-state index contributed by atoms with van der Waals surface area (Å²) in [5.74, 6) is 0.842. The molecule has 0 saturated heterocycles. The van der Waals surface area contributed by atoms with Crippen molar-refractivity contribution in [2.75, 3.05) is 7.11 Å². The Balaban J connectivity index is 1.81. The van der Waals surface area contributed by atoms with Crippen LogP contribution in [-0.2, 0) is 0 Å². The molecule has 26 heavy (non-hydrogen) atoms. The number of hydrogen-bond donors (Lipinski definition) is 0. The third-order valence-electron chi connectivity index (χ3n) is 4.49. The summed E-state index contributed by atoms with van der Waals surface area (Å²) in [6, 6.07) is 16.5. The fourth-order valence-electron chi connectivity index (χ4n) is 3.29. The van der Waals surface area contributed by atoms with E-state index in [0.29, 0.717) is 16.7 Å². The molecule has 0 radical (unpaired) electrons. The molecule has 0 amide bonds. The van der Waals surface area contributed by atoms with Crippen LogP contribution in [0.15, 0.2) is 59.0 Å². The molecule has 0 atom stereocenters. The Kier molecular flexibility index (Phi) is 3.96. The Morgan fingerprint density at radius 1 is 0.923 bits per heavy atom. The number of aryl methyl sites for hydroxylation is 2. The fourth-order valence-corrected chi connectivity index (χ4v) is 3.29. The quantitative estimate of drug-likeness (QED) is 0.461. The molecule has 0 aliphatic heterocycles. The molecule has 130 valence electrons. The summed E-state index contributed by atoms with van der Waals surface area (Å²) in [6.07, 6.45) is 0. The van der Waals surface area contributed by atoms with E-state index in [1.165, 1.54) is 6.07 Å². The molecule has 0 unspecified atom stereocenters. The van der Waals surface area contributed by atoms with Gasteiger partial charge in [0.25, 0.3) is 0 Å². The zero-order chi connectivity index (χ0) is 18.3. The predicted molar refractivity (Wildman–Crippen MR) is 101 cm³/mol. The topological polar surface area (TPSA) is 35.3 Å². The van der Waals surface area contributed by atoms with Crippen molar-refractivity contribution < 1.29 is 13.5 Å². The van der Waals surface area contributed by atoms with E-state index in [0.717, 1.165) is 28.0 Å². The monoisotopic (exact) mass is 347 g/mol. The van der Waals surface area contributed by atoms with Crippen molar-refractivity contribution in [3.8, 4) is 28.3 Å². The molecule has 1 heterocycles. The Bertz CT molecular complexity index is 1090. The van der Waals surface area contributed by atoms with Gasteiger partial charge < -0.3 is 9.15 Å². The number of halogens is 1. The Morgan fingerprint density at radius 2 is 1.65 bits per heavy atom. The molecular weight excluding hydrogens is 329 g/mol. The van der Waals surface area contributed by atoms with Gasteiger partial charge in [-0.25, -0.2) is 9.37 Å². The fraction of sp³-hybridized carbons (Fsp3) is 0.136. The van der Waals surface area contributed by atoms with Crippen molar-refractivity contribution in [3.05, 3.63) is 71.5 Å². The normalized spacial score (nSPS) is 11.1. The lowest BCUT2D eigenvalue weighted by Crippen LogP contribution is -1.92. The molecular formula is C22H18FNO2. The van der Waals surface area contributed by atoms with E-state index in [-0.39, 0.29) is 11.7 Å². The van der Waals surface area contributed by atoms with Crippen LogP contribution in [0, 0.1) is 19.7 Å². The van der Waals surface area contributed by atoms with Gasteiger partial charge in [0.15, 0.2) is 5.58 Å². The molecule has 4 aromatic rings. The smallest absolute Gasteiger partial charge is 0.230 e. The zero-order valence-corrected chi connectivity index (χ0v) is 14.8. The average Bonchev–Trinajstić information content (AvgIpc) is 3.04. The summed E-state index contributed by atoms with van der Waals surface area (Å²) >= 11 is 0. The minimum atomic E-state index is -0.347. The highest BCUT2D eigenvalue weighted by Gasteiger charge is 2.13. The number of ether oxygens (including phenoxy) is 1. The minimum absolute atomic E-state index is 0.289. The Morgan fingerprint density at radius 3 is 2.35 bits per heavy atom. The maximum atomic E-state index is 14.0. The summed E-state index contributed by atoms with van der Waals surface area (Å²) < 4.78 is 25.3. The van der Waals surface area contributed by atoms with Crippen LogP contribution in [0.5, 0.6) is 5.75 Å². The van der Waals surface area contributed by atoms with Gasteiger partial charge in [0.2, 0.25) is 5.89 Å². The molecule has 3 nitrogen and oxygen atoms in total. The van der Waals surface area contributed by atoms with E-state index in [4.69, 9.17) is 9.15 Å². The highest BCUT2D eigenvalue weighted by Crippen LogP contribution is 2.33. The van der Waals surface area contributed by atoms with Crippen LogP contribution in [0.1, 0.15) is 11.1 Å². The SMILES string of the molecule is COc1c(C)cc(-c2ccc3nc(-c4ccccc4F)oc3c2)cc1C. The van der Waals surface area contributed by atoms with Crippen LogP contribution in [-0.4, -0.2) is 12.1 Å². The molecule has 1 aromatic heterocycles. The average molecular weight is 347 g/mol. The van der Waals surface area contributed by atoms with Crippen LogP contribution in [0.25, 0.3) is 33.7 Å². The van der Waals surface area contributed by atoms with E-state index < -0.39 is 0 Å². The van der Waals surface area contributed by atoms with Gasteiger partial charge in [-0.3, -0.25) is 0 Å². The molecule has 0 saturated carbocycles. The lowest BCUT2D eigenvalue weighted by Gasteiger charge is -2.11. The minimum Gasteiger partial charge on any atom is -0.496 e. The van der Waals surface area contributed by atoms with Gasteiger partial charge in [0, 0.05) is 0 Å². The van der Waals surface area contributed by atoms with E-state index in [2.05, 4.69) is 17.1 Å². The van der Waals surface area contributed by atoms with Gasteiger partial charge in [-0.15, -0.1) is 0 Å². The lowest BCUT2D eigenvalue weighted by atomic mass is 9.99. The van der Waals surface area contributed by atoms with Crippen LogP contribution in [0.2, 0.25) is 0 Å². The maximum Gasteiger partial charge on any atom is 0.230 e. The van der Waals surface area contributed by atoms with Crippen molar-refractivity contribution in [2.24, 2.45) is 0 Å². The molecule has 0 bridgehead atoms.